The van der Waals surface area contributed by atoms with Crippen molar-refractivity contribution in [1.29, 1.82) is 0 Å². The van der Waals surface area contributed by atoms with Gasteiger partial charge in [-0.2, -0.15) is 5.10 Å². The summed E-state index contributed by atoms with van der Waals surface area (Å²) in [7, 11) is 0. The van der Waals surface area contributed by atoms with E-state index in [1.54, 1.807) is 0 Å². The Labute approximate surface area is 179 Å². The number of benzene rings is 1. The molecule has 0 saturated carbocycles. The minimum Gasteiger partial charge on any atom is -0.337 e. The number of piperazine rings is 1. The van der Waals surface area contributed by atoms with Crippen molar-refractivity contribution in [3.05, 3.63) is 47.8 Å². The van der Waals surface area contributed by atoms with Crippen LogP contribution in [0, 0.1) is 0 Å². The lowest BCUT2D eigenvalue weighted by atomic mass is 9.89. The summed E-state index contributed by atoms with van der Waals surface area (Å²) in [4.78, 5) is 18.0. The van der Waals surface area contributed by atoms with Gasteiger partial charge in [-0.3, -0.25) is 9.69 Å². The molecule has 29 heavy (non-hydrogen) atoms. The zero-order chi connectivity index (χ0) is 19.7. The Morgan fingerprint density at radius 3 is 2.45 bits per heavy atom. The smallest absolute Gasteiger partial charge is 0.257 e. The highest BCUT2D eigenvalue weighted by Crippen LogP contribution is 2.28. The molecule has 1 aromatic heterocycles. The standard InChI is InChI=1S/C22H31N5O.ClH/c1-22(2,3)20-19(16-27(24-20)17-7-5-4-6-8-17)21(28)26-12-9-18(15-26)25-13-10-23-11-14-25;/h4-8,16,18,23H,9-15H2,1-3H3;1H. The molecule has 7 heteroatoms. The number of nitrogens with zero attached hydrogens (tertiary/aromatic N) is 4. The first-order chi connectivity index (χ1) is 13.4. The van der Waals surface area contributed by atoms with E-state index in [1.165, 1.54) is 0 Å². The molecule has 0 bridgehead atoms. The second-order valence-corrected chi connectivity index (χ2v) is 8.90. The third-order valence-corrected chi connectivity index (χ3v) is 5.79. The van der Waals surface area contributed by atoms with Gasteiger partial charge in [0.25, 0.3) is 5.91 Å². The summed E-state index contributed by atoms with van der Waals surface area (Å²) in [5.74, 6) is 0.116. The number of carbonyl (C=O) groups is 1. The lowest BCUT2D eigenvalue weighted by molar-refractivity contribution is 0.0771. The summed E-state index contributed by atoms with van der Waals surface area (Å²) in [5.41, 5.74) is 2.39. The molecular formula is C22H32ClN5O. The molecule has 3 heterocycles. The number of aromatic nitrogens is 2. The summed E-state index contributed by atoms with van der Waals surface area (Å²) in [6.45, 7) is 12.2. The highest BCUT2D eigenvalue weighted by Gasteiger charge is 2.34. The van der Waals surface area contributed by atoms with Gasteiger partial charge in [0.05, 0.1) is 16.9 Å². The lowest BCUT2D eigenvalue weighted by Crippen LogP contribution is -2.49. The molecule has 2 aliphatic heterocycles. The maximum atomic E-state index is 13.4. The van der Waals surface area contributed by atoms with E-state index in [9.17, 15) is 4.79 Å². The second kappa shape index (κ2) is 8.86. The van der Waals surface area contributed by atoms with E-state index in [4.69, 9.17) is 5.10 Å². The summed E-state index contributed by atoms with van der Waals surface area (Å²) in [6, 6.07) is 10.5. The Bertz CT molecular complexity index is 823. The third-order valence-electron chi connectivity index (χ3n) is 5.79. The van der Waals surface area contributed by atoms with Crippen LogP contribution < -0.4 is 5.32 Å². The summed E-state index contributed by atoms with van der Waals surface area (Å²) in [5, 5.41) is 8.21. The van der Waals surface area contributed by atoms with Crippen molar-refractivity contribution in [1.82, 2.24) is 24.9 Å². The number of halogens is 1. The molecule has 6 nitrogen and oxygen atoms in total. The molecule has 1 N–H and O–H groups in total. The van der Waals surface area contributed by atoms with E-state index in [0.717, 1.165) is 62.6 Å². The minimum absolute atomic E-state index is 0. The zero-order valence-electron chi connectivity index (χ0n) is 17.6. The number of rotatable bonds is 3. The average molecular weight is 418 g/mol. The van der Waals surface area contributed by atoms with Crippen LogP contribution in [0.2, 0.25) is 0 Å². The zero-order valence-corrected chi connectivity index (χ0v) is 18.4. The van der Waals surface area contributed by atoms with Crippen molar-refractivity contribution >= 4 is 18.3 Å². The first-order valence-electron chi connectivity index (χ1n) is 10.3. The van der Waals surface area contributed by atoms with Crippen LogP contribution in [-0.2, 0) is 5.41 Å². The monoisotopic (exact) mass is 417 g/mol. The van der Waals surface area contributed by atoms with Gasteiger partial charge in [-0.05, 0) is 18.6 Å². The Morgan fingerprint density at radius 2 is 1.79 bits per heavy atom. The van der Waals surface area contributed by atoms with Crippen molar-refractivity contribution < 1.29 is 4.79 Å². The number of hydrogen-bond donors (Lipinski definition) is 1. The van der Waals surface area contributed by atoms with Crippen LogP contribution in [0.4, 0.5) is 0 Å². The molecule has 2 fully saturated rings. The van der Waals surface area contributed by atoms with Gasteiger partial charge in [0.1, 0.15) is 0 Å². The summed E-state index contributed by atoms with van der Waals surface area (Å²) < 4.78 is 1.84. The number of amides is 1. The van der Waals surface area contributed by atoms with Crippen molar-refractivity contribution in [2.24, 2.45) is 0 Å². The fourth-order valence-corrected chi connectivity index (χ4v) is 4.24. The van der Waals surface area contributed by atoms with E-state index in [-0.39, 0.29) is 23.7 Å². The molecule has 158 valence electrons. The van der Waals surface area contributed by atoms with Crippen LogP contribution in [0.5, 0.6) is 0 Å². The molecule has 2 aromatic rings. The topological polar surface area (TPSA) is 53.4 Å². The number of likely N-dealkylation sites (tertiary alicyclic amines) is 1. The maximum Gasteiger partial charge on any atom is 0.257 e. The molecule has 2 aliphatic rings. The molecule has 1 atom stereocenters. The van der Waals surface area contributed by atoms with Crippen LogP contribution >= 0.6 is 12.4 Å². The Balaban J connectivity index is 0.00000240. The third kappa shape index (κ3) is 4.65. The normalized spacial score (nSPS) is 20.5. The van der Waals surface area contributed by atoms with Gasteiger partial charge < -0.3 is 10.2 Å². The number of para-hydroxylation sites is 1. The molecule has 1 aromatic carbocycles. The van der Waals surface area contributed by atoms with Crippen LogP contribution in [-0.4, -0.2) is 70.8 Å². The molecule has 0 radical (unpaired) electrons. The van der Waals surface area contributed by atoms with E-state index in [0.29, 0.717) is 6.04 Å². The minimum atomic E-state index is -0.192. The van der Waals surface area contributed by atoms with E-state index in [2.05, 4.69) is 31.0 Å². The van der Waals surface area contributed by atoms with Gasteiger partial charge in [0.15, 0.2) is 0 Å². The van der Waals surface area contributed by atoms with E-state index in [1.807, 2.05) is 46.1 Å². The van der Waals surface area contributed by atoms with Crippen LogP contribution in [0.1, 0.15) is 43.2 Å². The van der Waals surface area contributed by atoms with Crippen molar-refractivity contribution in [2.75, 3.05) is 39.3 Å². The van der Waals surface area contributed by atoms with Gasteiger partial charge in [-0.15, -0.1) is 12.4 Å². The van der Waals surface area contributed by atoms with E-state index < -0.39 is 0 Å². The highest BCUT2D eigenvalue weighted by atomic mass is 35.5. The largest absolute Gasteiger partial charge is 0.337 e. The predicted molar refractivity (Wildman–Crippen MR) is 118 cm³/mol. The Hall–Kier alpha value is -1.89. The first kappa shape index (κ1) is 21.8. The van der Waals surface area contributed by atoms with Crippen LogP contribution in [0.25, 0.3) is 5.69 Å². The predicted octanol–water partition coefficient (Wildman–Crippen LogP) is 2.71. The van der Waals surface area contributed by atoms with Crippen molar-refractivity contribution in [2.45, 2.75) is 38.6 Å². The average Bonchev–Trinajstić information content (AvgIpc) is 3.36. The van der Waals surface area contributed by atoms with Crippen molar-refractivity contribution in [3.8, 4) is 5.69 Å². The molecule has 0 aliphatic carbocycles. The molecule has 1 unspecified atom stereocenters. The van der Waals surface area contributed by atoms with Crippen LogP contribution in [0.15, 0.2) is 36.5 Å². The number of hydrogen-bond acceptors (Lipinski definition) is 4. The maximum absolute atomic E-state index is 13.4. The van der Waals surface area contributed by atoms with Gasteiger partial charge in [0.2, 0.25) is 0 Å². The fourth-order valence-electron chi connectivity index (χ4n) is 4.24. The summed E-state index contributed by atoms with van der Waals surface area (Å²) in [6.07, 6.45) is 2.97. The van der Waals surface area contributed by atoms with E-state index >= 15 is 0 Å². The SMILES string of the molecule is CC(C)(C)c1nn(-c2ccccc2)cc1C(=O)N1CCC(N2CCNCC2)C1.Cl. The molecule has 1 amide bonds. The van der Waals surface area contributed by atoms with Crippen LogP contribution in [0.3, 0.4) is 0 Å². The number of nitrogens with one attached hydrogen (secondary N) is 1. The van der Waals surface area contributed by atoms with Gasteiger partial charge in [0, 0.05) is 56.9 Å². The van der Waals surface area contributed by atoms with Gasteiger partial charge in [-0.1, -0.05) is 39.0 Å². The molecule has 4 rings (SSSR count). The Kier molecular flexibility index (Phi) is 6.66. The van der Waals surface area contributed by atoms with Gasteiger partial charge in [-0.25, -0.2) is 4.68 Å². The fraction of sp³-hybridized carbons (Fsp3) is 0.545. The Morgan fingerprint density at radius 1 is 1.10 bits per heavy atom. The van der Waals surface area contributed by atoms with Gasteiger partial charge >= 0.3 is 0 Å². The lowest BCUT2D eigenvalue weighted by Gasteiger charge is -2.32. The molecule has 0 spiro atoms. The van der Waals surface area contributed by atoms with Crippen molar-refractivity contribution in [3.63, 3.8) is 0 Å². The first-order valence-corrected chi connectivity index (χ1v) is 10.3. The number of carbonyl (C=O) groups excluding carboxylic acids is 1. The highest BCUT2D eigenvalue weighted by molar-refractivity contribution is 5.95. The molecule has 2 saturated heterocycles. The quantitative estimate of drug-likeness (QED) is 0.834. The molecular weight excluding hydrogens is 386 g/mol. The summed E-state index contributed by atoms with van der Waals surface area (Å²) >= 11 is 0. The second-order valence-electron chi connectivity index (χ2n) is 8.90.